The van der Waals surface area contributed by atoms with Gasteiger partial charge >= 0.3 is 0 Å². The number of benzene rings is 1. The molecule has 0 aromatic heterocycles. The molecule has 1 aliphatic heterocycles. The second kappa shape index (κ2) is 5.15. The predicted molar refractivity (Wildman–Crippen MR) is 72.3 cm³/mol. The third kappa shape index (κ3) is 2.67. The van der Waals surface area contributed by atoms with Crippen LogP contribution >= 0.6 is 11.6 Å². The normalized spacial score (nSPS) is 24.8. The summed E-state index contributed by atoms with van der Waals surface area (Å²) < 4.78 is 5.26. The van der Waals surface area contributed by atoms with E-state index >= 15 is 0 Å². The van der Waals surface area contributed by atoms with Gasteiger partial charge in [-0.05, 0) is 26.0 Å². The Morgan fingerprint density at radius 1 is 1.41 bits per heavy atom. The molecule has 1 aliphatic rings. The zero-order valence-corrected chi connectivity index (χ0v) is 11.3. The number of hydrogen-bond acceptors (Lipinski definition) is 3. The number of nitrogens with zero attached hydrogens (tertiary/aromatic N) is 1. The molecule has 0 amide bonds. The highest BCUT2D eigenvalue weighted by Crippen LogP contribution is 2.30. The van der Waals surface area contributed by atoms with E-state index in [4.69, 9.17) is 16.3 Å². The molecule has 0 aliphatic carbocycles. The Morgan fingerprint density at radius 3 is 2.88 bits per heavy atom. The van der Waals surface area contributed by atoms with Crippen molar-refractivity contribution in [2.75, 3.05) is 25.1 Å². The number of methoxy groups -OCH3 is 1. The van der Waals surface area contributed by atoms with Crippen LogP contribution in [-0.2, 0) is 0 Å². The van der Waals surface area contributed by atoms with Crippen molar-refractivity contribution in [3.05, 3.63) is 23.2 Å². The van der Waals surface area contributed by atoms with Crippen molar-refractivity contribution >= 4 is 17.3 Å². The molecule has 1 saturated heterocycles. The molecule has 0 spiro atoms. The maximum atomic E-state index is 6.04. The van der Waals surface area contributed by atoms with Crippen LogP contribution in [-0.4, -0.2) is 32.3 Å². The molecule has 94 valence electrons. The molecule has 1 N–H and O–H groups in total. The molecule has 0 unspecified atom stereocenters. The number of rotatable bonds is 2. The lowest BCUT2D eigenvalue weighted by Gasteiger charge is -2.39. The average molecular weight is 255 g/mol. The lowest BCUT2D eigenvalue weighted by molar-refractivity contribution is 0.411. The maximum absolute atomic E-state index is 6.04. The van der Waals surface area contributed by atoms with Gasteiger partial charge in [0.1, 0.15) is 5.75 Å². The van der Waals surface area contributed by atoms with Gasteiger partial charge in [-0.25, -0.2) is 0 Å². The highest BCUT2D eigenvalue weighted by molar-refractivity contribution is 6.32. The molecular weight excluding hydrogens is 236 g/mol. The minimum Gasteiger partial charge on any atom is -0.495 e. The lowest BCUT2D eigenvalue weighted by atomic mass is 10.1. The largest absolute Gasteiger partial charge is 0.495 e. The number of halogens is 1. The Labute approximate surface area is 108 Å². The van der Waals surface area contributed by atoms with Crippen LogP contribution in [0.25, 0.3) is 0 Å². The first kappa shape index (κ1) is 12.5. The van der Waals surface area contributed by atoms with Crippen LogP contribution in [0.5, 0.6) is 5.75 Å². The van der Waals surface area contributed by atoms with E-state index in [1.165, 1.54) is 5.69 Å². The Hall–Kier alpha value is -0.930. The van der Waals surface area contributed by atoms with E-state index in [1.807, 2.05) is 12.1 Å². The van der Waals surface area contributed by atoms with Crippen molar-refractivity contribution in [3.63, 3.8) is 0 Å². The van der Waals surface area contributed by atoms with Crippen molar-refractivity contribution in [1.82, 2.24) is 5.32 Å². The summed E-state index contributed by atoms with van der Waals surface area (Å²) in [4.78, 5) is 2.39. The van der Waals surface area contributed by atoms with Crippen LogP contribution in [0.4, 0.5) is 5.69 Å². The van der Waals surface area contributed by atoms with Crippen LogP contribution in [0.1, 0.15) is 13.8 Å². The topological polar surface area (TPSA) is 24.5 Å². The summed E-state index contributed by atoms with van der Waals surface area (Å²) in [7, 11) is 1.65. The first-order chi connectivity index (χ1) is 8.11. The highest BCUT2D eigenvalue weighted by Gasteiger charge is 2.23. The number of anilines is 1. The second-order valence-electron chi connectivity index (χ2n) is 4.63. The van der Waals surface area contributed by atoms with Gasteiger partial charge in [-0.1, -0.05) is 11.6 Å². The molecule has 1 aromatic rings. The summed E-state index contributed by atoms with van der Waals surface area (Å²) in [5.74, 6) is 0.738. The summed E-state index contributed by atoms with van der Waals surface area (Å²) in [6, 6.07) is 6.95. The molecular formula is C13H19ClN2O. The van der Waals surface area contributed by atoms with Crippen LogP contribution in [0.15, 0.2) is 18.2 Å². The van der Waals surface area contributed by atoms with Gasteiger partial charge in [-0.3, -0.25) is 0 Å². The van der Waals surface area contributed by atoms with Crippen LogP contribution in [0, 0.1) is 0 Å². The van der Waals surface area contributed by atoms with E-state index in [9.17, 15) is 0 Å². The molecule has 0 saturated carbocycles. The molecule has 2 rings (SSSR count). The molecule has 17 heavy (non-hydrogen) atoms. The third-order valence-electron chi connectivity index (χ3n) is 3.23. The van der Waals surface area contributed by atoms with E-state index < -0.39 is 0 Å². The molecule has 4 heteroatoms. The zero-order valence-electron chi connectivity index (χ0n) is 10.5. The fraction of sp³-hybridized carbons (Fsp3) is 0.538. The van der Waals surface area contributed by atoms with Crippen molar-refractivity contribution in [3.8, 4) is 5.75 Å². The fourth-order valence-electron chi connectivity index (χ4n) is 2.21. The number of hydrogen-bond donors (Lipinski definition) is 1. The van der Waals surface area contributed by atoms with E-state index in [-0.39, 0.29) is 0 Å². The van der Waals surface area contributed by atoms with Crippen molar-refractivity contribution < 1.29 is 4.74 Å². The zero-order chi connectivity index (χ0) is 12.4. The van der Waals surface area contributed by atoms with E-state index in [0.29, 0.717) is 17.1 Å². The van der Waals surface area contributed by atoms with Gasteiger partial charge in [0.05, 0.1) is 12.1 Å². The summed E-state index contributed by atoms with van der Waals surface area (Å²) in [5, 5.41) is 4.13. The summed E-state index contributed by atoms with van der Waals surface area (Å²) in [6.07, 6.45) is 0. The van der Waals surface area contributed by atoms with E-state index in [0.717, 1.165) is 18.8 Å². The summed E-state index contributed by atoms with van der Waals surface area (Å²) >= 11 is 6.04. The number of nitrogens with one attached hydrogen (secondary N) is 1. The molecule has 2 atom stereocenters. The quantitative estimate of drug-likeness (QED) is 0.878. The van der Waals surface area contributed by atoms with Gasteiger partial charge in [0.25, 0.3) is 0 Å². The lowest BCUT2D eigenvalue weighted by Crippen LogP contribution is -2.54. The number of ether oxygens (including phenoxy) is 1. The Balaban J connectivity index is 2.26. The molecule has 0 radical (unpaired) electrons. The van der Waals surface area contributed by atoms with Gasteiger partial charge < -0.3 is 15.0 Å². The molecule has 3 nitrogen and oxygen atoms in total. The fourth-order valence-corrected chi connectivity index (χ4v) is 2.40. The van der Waals surface area contributed by atoms with Gasteiger partial charge in [-0.15, -0.1) is 0 Å². The van der Waals surface area contributed by atoms with Crippen LogP contribution < -0.4 is 15.0 Å². The van der Waals surface area contributed by atoms with E-state index in [1.54, 1.807) is 7.11 Å². The first-order valence-electron chi connectivity index (χ1n) is 5.95. The van der Waals surface area contributed by atoms with Gasteiger partial charge in [0.2, 0.25) is 0 Å². The standard InChI is InChI=1S/C13H19ClN2O/c1-9-8-16(10(2)7-15-9)11-4-5-12(14)13(6-11)17-3/h4-6,9-10,15H,7-8H2,1-3H3/t9-,10+/m1/s1. The second-order valence-corrected chi connectivity index (χ2v) is 5.04. The van der Waals surface area contributed by atoms with Crippen molar-refractivity contribution in [2.24, 2.45) is 0 Å². The SMILES string of the molecule is COc1cc(N2C[C@@H](C)NC[C@@H]2C)ccc1Cl. The van der Waals surface area contributed by atoms with Crippen molar-refractivity contribution in [2.45, 2.75) is 25.9 Å². The molecule has 1 heterocycles. The van der Waals surface area contributed by atoms with Crippen LogP contribution in [0.2, 0.25) is 5.02 Å². The van der Waals surface area contributed by atoms with Crippen LogP contribution in [0.3, 0.4) is 0 Å². The maximum Gasteiger partial charge on any atom is 0.139 e. The van der Waals surface area contributed by atoms with E-state index in [2.05, 4.69) is 30.1 Å². The highest BCUT2D eigenvalue weighted by atomic mass is 35.5. The molecule has 1 fully saturated rings. The third-order valence-corrected chi connectivity index (χ3v) is 3.54. The Bertz CT molecular complexity index is 397. The Morgan fingerprint density at radius 2 is 2.18 bits per heavy atom. The first-order valence-corrected chi connectivity index (χ1v) is 6.33. The minimum atomic E-state index is 0.483. The Kier molecular flexibility index (Phi) is 3.79. The number of piperazine rings is 1. The summed E-state index contributed by atoms with van der Waals surface area (Å²) in [5.41, 5.74) is 1.17. The summed E-state index contributed by atoms with van der Waals surface area (Å²) in [6.45, 7) is 6.43. The monoisotopic (exact) mass is 254 g/mol. The molecule has 0 bridgehead atoms. The molecule has 1 aromatic carbocycles. The van der Waals surface area contributed by atoms with Gasteiger partial charge in [0.15, 0.2) is 0 Å². The smallest absolute Gasteiger partial charge is 0.139 e. The minimum absolute atomic E-state index is 0.483. The van der Waals surface area contributed by atoms with Crippen molar-refractivity contribution in [1.29, 1.82) is 0 Å². The predicted octanol–water partition coefficient (Wildman–Crippen LogP) is 2.54. The van der Waals surface area contributed by atoms with Gasteiger partial charge in [0, 0.05) is 36.9 Å². The average Bonchev–Trinajstić information content (AvgIpc) is 2.33. The van der Waals surface area contributed by atoms with Gasteiger partial charge in [-0.2, -0.15) is 0 Å².